The van der Waals surface area contributed by atoms with Crippen LogP contribution in [0, 0.1) is 5.41 Å². The van der Waals surface area contributed by atoms with Gasteiger partial charge in [0.25, 0.3) is 0 Å². The number of benzene rings is 2. The minimum atomic E-state index is -3.80. The fraction of sp³-hybridized carbons (Fsp3) is 0.516. The standard InChI is InChI=1S/C31H40N4O6S2/c1-30(2,3)41-29(37)31(17-20-9-7-8-10-21(20)18-31)28(36)32-19-27-33-23-15-26(24(40-6)16-25(23)42-27)43(38,39)35-13-11-22(12-14-35)34(4)5/h7-10,15-16,22H,11-14,17-19H2,1-6H3,(H,32,36). The average Bonchev–Trinajstić information content (AvgIpc) is 3.56. The molecule has 1 fully saturated rings. The highest BCUT2D eigenvalue weighted by Gasteiger charge is 2.52. The predicted octanol–water partition coefficient (Wildman–Crippen LogP) is 3.76. The lowest BCUT2D eigenvalue weighted by Crippen LogP contribution is -2.49. The van der Waals surface area contributed by atoms with E-state index in [0.717, 1.165) is 28.7 Å². The first-order chi connectivity index (χ1) is 20.2. The normalized spacial score (nSPS) is 17.7. The van der Waals surface area contributed by atoms with Crippen LogP contribution in [0.15, 0.2) is 41.3 Å². The molecule has 0 unspecified atom stereocenters. The molecule has 3 aromatic rings. The van der Waals surface area contributed by atoms with Gasteiger partial charge in [-0.25, -0.2) is 13.4 Å². The number of methoxy groups -OCH3 is 1. The Morgan fingerprint density at radius 2 is 1.74 bits per heavy atom. The number of aromatic nitrogens is 1. The van der Waals surface area contributed by atoms with Crippen LogP contribution in [-0.2, 0) is 43.7 Å². The largest absolute Gasteiger partial charge is 0.495 e. The SMILES string of the molecule is COc1cc2sc(CNC(=O)C3(C(=O)OC(C)(C)C)Cc4ccccc4C3)nc2cc1S(=O)(=O)N1CCC(N(C)C)CC1. The number of ether oxygens (including phenoxy) is 2. The Labute approximate surface area is 257 Å². The number of carbonyl (C=O) groups excluding carboxylic acids is 2. The van der Waals surface area contributed by atoms with Crippen molar-refractivity contribution in [2.24, 2.45) is 5.41 Å². The predicted molar refractivity (Wildman–Crippen MR) is 166 cm³/mol. The van der Waals surface area contributed by atoms with E-state index < -0.39 is 32.9 Å². The molecule has 0 atom stereocenters. The van der Waals surface area contributed by atoms with Gasteiger partial charge < -0.3 is 19.7 Å². The smallest absolute Gasteiger partial charge is 0.322 e. The second-order valence-corrected chi connectivity index (χ2v) is 15.6. The molecule has 0 spiro atoms. The summed E-state index contributed by atoms with van der Waals surface area (Å²) in [7, 11) is 1.68. The number of hydrogen-bond acceptors (Lipinski definition) is 9. The fourth-order valence-electron chi connectivity index (χ4n) is 5.87. The third-order valence-corrected chi connectivity index (χ3v) is 11.2. The number of nitrogens with zero attached hydrogens (tertiary/aromatic N) is 3. The molecule has 12 heteroatoms. The molecule has 2 aromatic carbocycles. The van der Waals surface area contributed by atoms with E-state index in [1.807, 2.05) is 38.4 Å². The maximum Gasteiger partial charge on any atom is 0.322 e. The first kappa shape index (κ1) is 31.4. The Kier molecular flexibility index (Phi) is 8.60. The summed E-state index contributed by atoms with van der Waals surface area (Å²) >= 11 is 1.34. The number of piperidine rings is 1. The van der Waals surface area contributed by atoms with Crippen LogP contribution in [0.2, 0.25) is 0 Å². The summed E-state index contributed by atoms with van der Waals surface area (Å²) in [5.41, 5.74) is 0.293. The van der Waals surface area contributed by atoms with Crippen molar-refractivity contribution < 1.29 is 27.5 Å². The fourth-order valence-corrected chi connectivity index (χ4v) is 8.42. The highest BCUT2D eigenvalue weighted by molar-refractivity contribution is 7.89. The minimum Gasteiger partial charge on any atom is -0.495 e. The highest BCUT2D eigenvalue weighted by atomic mass is 32.2. The van der Waals surface area contributed by atoms with Gasteiger partial charge in [0.15, 0.2) is 5.41 Å². The van der Waals surface area contributed by atoms with Crippen molar-refractivity contribution in [1.82, 2.24) is 19.5 Å². The Bertz CT molecular complexity index is 1610. The van der Waals surface area contributed by atoms with Gasteiger partial charge >= 0.3 is 5.97 Å². The first-order valence-electron chi connectivity index (χ1n) is 14.5. The highest BCUT2D eigenvalue weighted by Crippen LogP contribution is 2.40. The van der Waals surface area contributed by atoms with Crippen LogP contribution in [0.25, 0.3) is 10.2 Å². The van der Waals surface area contributed by atoms with Gasteiger partial charge in [0.1, 0.15) is 21.3 Å². The van der Waals surface area contributed by atoms with Gasteiger partial charge in [-0.05, 0) is 77.7 Å². The van der Waals surface area contributed by atoms with E-state index in [0.29, 0.717) is 29.7 Å². The summed E-state index contributed by atoms with van der Waals surface area (Å²) in [5, 5.41) is 3.51. The third kappa shape index (κ3) is 6.29. The molecule has 1 aliphatic carbocycles. The van der Waals surface area contributed by atoms with E-state index in [-0.39, 0.29) is 30.0 Å². The van der Waals surface area contributed by atoms with Crippen molar-refractivity contribution >= 4 is 43.5 Å². The van der Waals surface area contributed by atoms with E-state index in [4.69, 9.17) is 9.47 Å². The second kappa shape index (κ2) is 11.8. The van der Waals surface area contributed by atoms with Crippen LogP contribution in [0.4, 0.5) is 0 Å². The number of rotatable bonds is 8. The van der Waals surface area contributed by atoms with Crippen LogP contribution >= 0.6 is 11.3 Å². The average molecular weight is 629 g/mol. The molecule has 2 heterocycles. The molecule has 10 nitrogen and oxygen atoms in total. The van der Waals surface area contributed by atoms with E-state index in [1.54, 1.807) is 32.9 Å². The van der Waals surface area contributed by atoms with Gasteiger partial charge in [-0.3, -0.25) is 9.59 Å². The summed E-state index contributed by atoms with van der Waals surface area (Å²) in [4.78, 5) is 34.1. The zero-order chi connectivity index (χ0) is 31.2. The van der Waals surface area contributed by atoms with Crippen LogP contribution < -0.4 is 10.1 Å². The number of carbonyl (C=O) groups is 2. The molecule has 1 N–H and O–H groups in total. The number of fused-ring (bicyclic) bond motifs is 2. The molecule has 1 aromatic heterocycles. The Balaban J connectivity index is 1.37. The maximum atomic E-state index is 13.7. The van der Waals surface area contributed by atoms with E-state index in [2.05, 4.69) is 15.2 Å². The van der Waals surface area contributed by atoms with Gasteiger partial charge in [0.2, 0.25) is 15.9 Å². The molecule has 2 aliphatic rings. The van der Waals surface area contributed by atoms with Crippen LogP contribution in [0.3, 0.4) is 0 Å². The quantitative estimate of drug-likeness (QED) is 0.296. The van der Waals surface area contributed by atoms with E-state index >= 15 is 0 Å². The zero-order valence-electron chi connectivity index (χ0n) is 25.6. The number of amides is 1. The molecule has 1 amide bonds. The molecule has 43 heavy (non-hydrogen) atoms. The summed E-state index contributed by atoms with van der Waals surface area (Å²) in [5.74, 6) is -0.708. The molecule has 0 radical (unpaired) electrons. The summed E-state index contributed by atoms with van der Waals surface area (Å²) in [6, 6.07) is 11.3. The lowest BCUT2D eigenvalue weighted by atomic mass is 9.83. The van der Waals surface area contributed by atoms with Gasteiger partial charge in [0, 0.05) is 25.2 Å². The molecule has 232 valence electrons. The Hall–Kier alpha value is -3.06. The van der Waals surface area contributed by atoms with Crippen LogP contribution in [-0.4, -0.2) is 80.4 Å². The zero-order valence-corrected chi connectivity index (χ0v) is 27.2. The third-order valence-electron chi connectivity index (χ3n) is 8.22. The maximum absolute atomic E-state index is 13.7. The molecule has 0 bridgehead atoms. The number of hydrogen-bond donors (Lipinski definition) is 1. The van der Waals surface area contributed by atoms with Crippen LogP contribution in [0.5, 0.6) is 5.75 Å². The van der Waals surface area contributed by atoms with Crippen molar-refractivity contribution in [3.8, 4) is 5.75 Å². The summed E-state index contributed by atoms with van der Waals surface area (Å²) in [6.45, 7) is 6.31. The lowest BCUT2D eigenvalue weighted by molar-refractivity contribution is -0.170. The number of sulfonamides is 1. The van der Waals surface area contributed by atoms with Crippen molar-refractivity contribution in [2.75, 3.05) is 34.3 Å². The Morgan fingerprint density at radius 1 is 1.12 bits per heavy atom. The number of nitrogens with one attached hydrogen (secondary N) is 1. The lowest BCUT2D eigenvalue weighted by Gasteiger charge is -2.34. The Morgan fingerprint density at radius 3 is 2.30 bits per heavy atom. The molecular weight excluding hydrogens is 588 g/mol. The van der Waals surface area contributed by atoms with Crippen molar-refractivity contribution in [1.29, 1.82) is 0 Å². The van der Waals surface area contributed by atoms with E-state index in [1.165, 1.54) is 22.8 Å². The van der Waals surface area contributed by atoms with Gasteiger partial charge in [-0.2, -0.15) is 4.31 Å². The van der Waals surface area contributed by atoms with E-state index in [9.17, 15) is 18.0 Å². The molecular formula is C31H40N4O6S2. The molecule has 1 saturated heterocycles. The van der Waals surface area contributed by atoms with Crippen molar-refractivity contribution in [2.45, 2.75) is 69.5 Å². The monoisotopic (exact) mass is 628 g/mol. The molecule has 0 saturated carbocycles. The molecule has 1 aliphatic heterocycles. The number of esters is 1. The number of thiazole rings is 1. The topological polar surface area (TPSA) is 118 Å². The second-order valence-electron chi connectivity index (χ2n) is 12.6. The van der Waals surface area contributed by atoms with Crippen molar-refractivity contribution in [3.63, 3.8) is 0 Å². The van der Waals surface area contributed by atoms with Crippen molar-refractivity contribution in [3.05, 3.63) is 52.5 Å². The summed E-state index contributed by atoms with van der Waals surface area (Å²) < 4.78 is 40.8. The van der Waals surface area contributed by atoms with Crippen LogP contribution in [0.1, 0.15) is 49.7 Å². The first-order valence-corrected chi connectivity index (χ1v) is 16.7. The van der Waals surface area contributed by atoms with Gasteiger partial charge in [0.05, 0.1) is 23.9 Å². The summed E-state index contributed by atoms with van der Waals surface area (Å²) in [6.07, 6.45) is 2.03. The van der Waals surface area contributed by atoms with Gasteiger partial charge in [-0.1, -0.05) is 24.3 Å². The minimum absolute atomic E-state index is 0.0827. The molecule has 5 rings (SSSR count). The van der Waals surface area contributed by atoms with Gasteiger partial charge in [-0.15, -0.1) is 11.3 Å².